The van der Waals surface area contributed by atoms with Crippen molar-refractivity contribution in [3.05, 3.63) is 28.3 Å². The molecule has 0 atom stereocenters. The minimum atomic E-state index is -5.89. The lowest BCUT2D eigenvalue weighted by Gasteiger charge is -2.34. The first-order valence-corrected chi connectivity index (χ1v) is 12.1. The number of carbonyl (C=O) groups excluding carboxylic acids is 2. The number of benzene rings is 1. The Morgan fingerprint density at radius 1 is 1.03 bits per heavy atom. The Bertz CT molecular complexity index is 1030. The summed E-state index contributed by atoms with van der Waals surface area (Å²) in [6, 6.07) is 1.20. The van der Waals surface area contributed by atoms with Crippen LogP contribution in [0.25, 0.3) is 0 Å². The maximum atomic E-state index is 13.7. The Morgan fingerprint density at radius 3 is 2.06 bits per heavy atom. The van der Waals surface area contributed by atoms with Gasteiger partial charge in [0, 0.05) is 18.7 Å². The molecule has 1 saturated heterocycles. The lowest BCUT2D eigenvalue weighted by Crippen LogP contribution is -2.48. The zero-order valence-corrected chi connectivity index (χ0v) is 20.6. The van der Waals surface area contributed by atoms with E-state index >= 15 is 0 Å². The molecule has 1 aromatic rings. The van der Waals surface area contributed by atoms with Crippen molar-refractivity contribution in [3.63, 3.8) is 0 Å². The van der Waals surface area contributed by atoms with Gasteiger partial charge in [-0.25, -0.2) is 0 Å². The summed E-state index contributed by atoms with van der Waals surface area (Å²) in [5, 5.41) is 0. The first-order chi connectivity index (χ1) is 15.1. The molecule has 1 heterocycles. The Morgan fingerprint density at radius 2 is 1.58 bits per heavy atom. The second kappa shape index (κ2) is 9.52. The maximum absolute atomic E-state index is 13.7. The summed E-state index contributed by atoms with van der Waals surface area (Å²) in [5.74, 6) is -1.22. The number of halogens is 3. The molecule has 0 aromatic heterocycles. The molecule has 0 unspecified atom stereocenters. The predicted octanol–water partition coefficient (Wildman–Crippen LogP) is 4.09. The van der Waals surface area contributed by atoms with Crippen LogP contribution in [0.15, 0.2) is 6.07 Å². The number of likely N-dealkylation sites (tertiary alicyclic amines) is 1. The molecule has 0 saturated carbocycles. The number of ether oxygens (including phenoxy) is 1. The van der Waals surface area contributed by atoms with Gasteiger partial charge < -0.3 is 9.64 Å². The molecule has 1 aliphatic heterocycles. The highest BCUT2D eigenvalue weighted by atomic mass is 32.2. The van der Waals surface area contributed by atoms with Gasteiger partial charge in [0.1, 0.15) is 0 Å². The van der Waals surface area contributed by atoms with Crippen LogP contribution < -0.4 is 4.31 Å². The fourth-order valence-corrected chi connectivity index (χ4v) is 5.09. The highest BCUT2D eigenvalue weighted by Crippen LogP contribution is 2.38. The van der Waals surface area contributed by atoms with Crippen molar-refractivity contribution in [1.82, 2.24) is 4.90 Å². The van der Waals surface area contributed by atoms with E-state index in [1.165, 1.54) is 26.8 Å². The van der Waals surface area contributed by atoms with E-state index in [0.29, 0.717) is 24.2 Å². The minimum Gasteiger partial charge on any atom is -0.469 e. The van der Waals surface area contributed by atoms with Crippen molar-refractivity contribution in [2.45, 2.75) is 59.4 Å². The average molecular weight is 493 g/mol. The zero-order chi connectivity index (χ0) is 25.4. The number of amides is 1. The van der Waals surface area contributed by atoms with Crippen LogP contribution in [0.1, 0.15) is 60.2 Å². The van der Waals surface area contributed by atoms with Gasteiger partial charge in [0.05, 0.1) is 24.8 Å². The molecule has 0 radical (unpaired) electrons. The van der Waals surface area contributed by atoms with Crippen molar-refractivity contribution in [1.29, 1.82) is 0 Å². The monoisotopic (exact) mass is 492 g/mol. The molecule has 7 nitrogen and oxygen atoms in total. The fourth-order valence-electron chi connectivity index (χ4n) is 3.90. The first-order valence-electron chi connectivity index (χ1n) is 10.6. The van der Waals surface area contributed by atoms with Gasteiger partial charge in [0.2, 0.25) is 0 Å². The van der Waals surface area contributed by atoms with E-state index in [1.54, 1.807) is 18.7 Å². The van der Waals surface area contributed by atoms with Crippen molar-refractivity contribution in [2.75, 3.05) is 31.0 Å². The molecule has 11 heteroatoms. The summed E-state index contributed by atoms with van der Waals surface area (Å²) in [7, 11) is -4.81. The molecule has 1 amide bonds. The van der Waals surface area contributed by atoms with Gasteiger partial charge in [0.25, 0.3) is 5.91 Å². The summed E-state index contributed by atoms with van der Waals surface area (Å²) < 4.78 is 71.1. The second-order valence-corrected chi connectivity index (χ2v) is 10.9. The lowest BCUT2D eigenvalue weighted by atomic mass is 9.92. The SMILES string of the molecule is COC(=O)C(C)(C)CN(c1cc(C(=O)N2CCCCC2)c(C)c(C)c1C)S(=O)(=O)C(F)(F)F. The maximum Gasteiger partial charge on any atom is 0.516 e. The third-order valence-electron chi connectivity index (χ3n) is 6.20. The van der Waals surface area contributed by atoms with Crippen LogP contribution in [-0.2, 0) is 19.6 Å². The van der Waals surface area contributed by atoms with Gasteiger partial charge in [-0.3, -0.25) is 13.9 Å². The highest BCUT2D eigenvalue weighted by molar-refractivity contribution is 7.93. The number of carbonyl (C=O) groups is 2. The van der Waals surface area contributed by atoms with Crippen molar-refractivity contribution < 1.29 is 35.9 Å². The molecular formula is C22H31F3N2O5S. The van der Waals surface area contributed by atoms with Gasteiger partial charge in [-0.2, -0.15) is 21.6 Å². The number of piperidine rings is 1. The van der Waals surface area contributed by atoms with Crippen LogP contribution in [0.4, 0.5) is 18.9 Å². The smallest absolute Gasteiger partial charge is 0.469 e. The molecule has 0 aliphatic carbocycles. The number of hydrogen-bond donors (Lipinski definition) is 0. The Balaban J connectivity index is 2.73. The molecule has 1 aliphatic rings. The van der Waals surface area contributed by atoms with Crippen LogP contribution in [0.2, 0.25) is 0 Å². The van der Waals surface area contributed by atoms with Crippen molar-refractivity contribution >= 4 is 27.6 Å². The number of hydrogen-bond acceptors (Lipinski definition) is 5. The average Bonchev–Trinajstić information content (AvgIpc) is 2.75. The minimum absolute atomic E-state index is 0.147. The number of esters is 1. The summed E-state index contributed by atoms with van der Waals surface area (Å²) in [6.07, 6.45) is 2.63. The van der Waals surface area contributed by atoms with Crippen molar-refractivity contribution in [2.24, 2.45) is 5.41 Å². The third-order valence-corrected chi connectivity index (χ3v) is 7.69. The Labute approximate surface area is 192 Å². The molecular weight excluding hydrogens is 461 g/mol. The van der Waals surface area contributed by atoms with Gasteiger partial charge >= 0.3 is 21.5 Å². The number of nitrogens with zero attached hydrogens (tertiary/aromatic N) is 2. The lowest BCUT2D eigenvalue weighted by molar-refractivity contribution is -0.150. The van der Waals surface area contributed by atoms with E-state index < -0.39 is 33.5 Å². The predicted molar refractivity (Wildman–Crippen MR) is 119 cm³/mol. The number of sulfonamides is 1. The van der Waals surface area contributed by atoms with E-state index in [-0.39, 0.29) is 27.0 Å². The van der Waals surface area contributed by atoms with Crippen molar-refractivity contribution in [3.8, 4) is 0 Å². The second-order valence-electron chi connectivity index (χ2n) is 9.00. The molecule has 1 fully saturated rings. The summed E-state index contributed by atoms with van der Waals surface area (Å²) >= 11 is 0. The van der Waals surface area contributed by atoms with E-state index in [9.17, 15) is 31.2 Å². The molecule has 186 valence electrons. The topological polar surface area (TPSA) is 84.0 Å². The molecule has 33 heavy (non-hydrogen) atoms. The van der Waals surface area contributed by atoms with Gasteiger partial charge in [-0.1, -0.05) is 0 Å². The van der Waals surface area contributed by atoms with E-state index in [1.807, 2.05) is 0 Å². The summed E-state index contributed by atoms with van der Waals surface area (Å²) in [4.78, 5) is 27.0. The normalized spacial score (nSPS) is 15.4. The quantitative estimate of drug-likeness (QED) is 0.559. The molecule has 0 spiro atoms. The molecule has 0 bridgehead atoms. The first kappa shape index (κ1) is 26.9. The van der Waals surface area contributed by atoms with E-state index in [0.717, 1.165) is 26.4 Å². The summed E-state index contributed by atoms with van der Waals surface area (Å²) in [6.45, 7) is 7.65. The number of alkyl halides is 3. The molecule has 0 N–H and O–H groups in total. The number of rotatable bonds is 6. The number of methoxy groups -OCH3 is 1. The fraction of sp³-hybridized carbons (Fsp3) is 0.636. The number of anilines is 1. The van der Waals surface area contributed by atoms with Gasteiger partial charge in [-0.15, -0.1) is 0 Å². The van der Waals surface area contributed by atoms with Crippen LogP contribution in [-0.4, -0.2) is 57.4 Å². The largest absolute Gasteiger partial charge is 0.516 e. The third kappa shape index (κ3) is 5.28. The molecule has 2 rings (SSSR count). The molecule has 1 aromatic carbocycles. The Kier molecular flexibility index (Phi) is 7.77. The zero-order valence-electron chi connectivity index (χ0n) is 19.8. The van der Waals surface area contributed by atoms with E-state index in [4.69, 9.17) is 0 Å². The van der Waals surface area contributed by atoms with Crippen LogP contribution in [0, 0.1) is 26.2 Å². The van der Waals surface area contributed by atoms with Crippen LogP contribution in [0.5, 0.6) is 0 Å². The van der Waals surface area contributed by atoms with Gasteiger partial charge in [0.15, 0.2) is 0 Å². The standard InChI is InChI=1S/C22H31F3N2O5S/c1-14-15(2)17(19(28)26-10-8-7-9-11-26)12-18(16(14)3)27(33(30,31)22(23,24)25)13-21(4,5)20(29)32-6/h12H,7-11,13H2,1-6H3. The van der Waals surface area contributed by atoms with Crippen LogP contribution in [0.3, 0.4) is 0 Å². The summed E-state index contributed by atoms with van der Waals surface area (Å²) in [5.41, 5.74) is -5.98. The Hall–Kier alpha value is -2.30. The highest BCUT2D eigenvalue weighted by Gasteiger charge is 2.52. The van der Waals surface area contributed by atoms with E-state index in [2.05, 4.69) is 4.74 Å². The van der Waals surface area contributed by atoms with Crippen LogP contribution >= 0.6 is 0 Å². The van der Waals surface area contributed by atoms with Gasteiger partial charge in [-0.05, 0) is 76.6 Å².